The van der Waals surface area contributed by atoms with Gasteiger partial charge in [-0.2, -0.15) is 0 Å². The largest absolute Gasteiger partial charge is 0.390 e. The van der Waals surface area contributed by atoms with Crippen LogP contribution in [0.1, 0.15) is 31.9 Å². The molecule has 0 spiro atoms. The molecule has 1 N–H and O–H groups in total. The lowest BCUT2D eigenvalue weighted by Gasteiger charge is -2.21. The Labute approximate surface area is 97.1 Å². The minimum atomic E-state index is 0.0259. The van der Waals surface area contributed by atoms with E-state index in [4.69, 9.17) is 5.11 Å². The Morgan fingerprint density at radius 2 is 2.25 bits per heavy atom. The molecule has 0 amide bonds. The summed E-state index contributed by atoms with van der Waals surface area (Å²) in [5, 5.41) is 9.08. The average molecular weight is 220 g/mol. The van der Waals surface area contributed by atoms with Crippen molar-refractivity contribution in [3.05, 3.63) is 23.9 Å². The summed E-state index contributed by atoms with van der Waals surface area (Å²) in [6, 6.07) is 5.88. The summed E-state index contributed by atoms with van der Waals surface area (Å²) >= 11 is 0. The van der Waals surface area contributed by atoms with Crippen LogP contribution in [0.2, 0.25) is 0 Å². The van der Waals surface area contributed by atoms with Crippen molar-refractivity contribution in [1.82, 2.24) is 4.98 Å². The van der Waals surface area contributed by atoms with E-state index in [-0.39, 0.29) is 6.61 Å². The molecule has 3 nitrogen and oxygen atoms in total. The van der Waals surface area contributed by atoms with E-state index in [0.717, 1.165) is 30.5 Å². The summed E-state index contributed by atoms with van der Waals surface area (Å²) in [5.41, 5.74) is 0.759. The highest BCUT2D eigenvalue weighted by Gasteiger charge is 2.14. The first-order valence-corrected chi connectivity index (χ1v) is 6.11. The number of aromatic nitrogens is 1. The van der Waals surface area contributed by atoms with Crippen LogP contribution in [-0.4, -0.2) is 23.2 Å². The summed E-state index contributed by atoms with van der Waals surface area (Å²) in [6.45, 7) is 4.52. The predicted molar refractivity (Wildman–Crippen MR) is 65.4 cm³/mol. The first-order valence-electron chi connectivity index (χ1n) is 6.11. The third-order valence-corrected chi connectivity index (χ3v) is 3.29. The molecule has 3 heteroatoms. The maximum atomic E-state index is 9.08. The highest BCUT2D eigenvalue weighted by atomic mass is 16.3. The van der Waals surface area contributed by atoms with E-state index in [2.05, 4.69) is 16.8 Å². The fraction of sp³-hybridized carbons (Fsp3) is 0.615. The first kappa shape index (κ1) is 11.4. The normalized spacial score (nSPS) is 21.9. The highest BCUT2D eigenvalue weighted by Crippen LogP contribution is 2.20. The van der Waals surface area contributed by atoms with E-state index in [1.54, 1.807) is 0 Å². The zero-order valence-electron chi connectivity index (χ0n) is 9.89. The van der Waals surface area contributed by atoms with Crippen LogP contribution < -0.4 is 4.90 Å². The lowest BCUT2D eigenvalue weighted by molar-refractivity contribution is 0.277. The van der Waals surface area contributed by atoms with Gasteiger partial charge in [0.2, 0.25) is 0 Å². The van der Waals surface area contributed by atoms with Crippen LogP contribution in [0.5, 0.6) is 0 Å². The van der Waals surface area contributed by atoms with Gasteiger partial charge in [0.25, 0.3) is 0 Å². The number of pyridine rings is 1. The fourth-order valence-electron chi connectivity index (χ4n) is 2.22. The molecule has 0 aromatic carbocycles. The van der Waals surface area contributed by atoms with E-state index in [1.807, 2.05) is 18.2 Å². The maximum absolute atomic E-state index is 9.08. The molecule has 1 aromatic rings. The van der Waals surface area contributed by atoms with Crippen molar-refractivity contribution in [1.29, 1.82) is 0 Å². The molecular formula is C13H20N2O. The molecule has 1 aromatic heterocycles. The molecule has 1 unspecified atom stereocenters. The predicted octanol–water partition coefficient (Wildman–Crippen LogP) is 2.20. The second-order valence-corrected chi connectivity index (χ2v) is 4.67. The van der Waals surface area contributed by atoms with E-state index in [1.165, 1.54) is 19.3 Å². The summed E-state index contributed by atoms with van der Waals surface area (Å²) < 4.78 is 0. The van der Waals surface area contributed by atoms with Crippen LogP contribution in [0.15, 0.2) is 18.2 Å². The molecule has 0 saturated carbocycles. The van der Waals surface area contributed by atoms with E-state index < -0.39 is 0 Å². The summed E-state index contributed by atoms with van der Waals surface area (Å²) in [6.07, 6.45) is 3.80. The van der Waals surface area contributed by atoms with Crippen molar-refractivity contribution in [3.63, 3.8) is 0 Å². The summed E-state index contributed by atoms with van der Waals surface area (Å²) in [5.74, 6) is 1.84. The lowest BCUT2D eigenvalue weighted by atomic mass is 10.0. The quantitative estimate of drug-likeness (QED) is 0.830. The SMILES string of the molecule is CC1CCCN(c2cccc(CO)n2)CC1. The average Bonchev–Trinajstić information content (AvgIpc) is 2.54. The first-order chi connectivity index (χ1) is 7.79. The molecule has 88 valence electrons. The van der Waals surface area contributed by atoms with Crippen LogP contribution in [0, 0.1) is 5.92 Å². The van der Waals surface area contributed by atoms with Gasteiger partial charge < -0.3 is 10.0 Å². The van der Waals surface area contributed by atoms with Crippen molar-refractivity contribution >= 4 is 5.82 Å². The second-order valence-electron chi connectivity index (χ2n) is 4.67. The molecular weight excluding hydrogens is 200 g/mol. The van der Waals surface area contributed by atoms with Crippen molar-refractivity contribution in [3.8, 4) is 0 Å². The van der Waals surface area contributed by atoms with Crippen LogP contribution in [0.25, 0.3) is 0 Å². The number of hydrogen-bond donors (Lipinski definition) is 1. The van der Waals surface area contributed by atoms with Gasteiger partial charge in [-0.15, -0.1) is 0 Å². The zero-order valence-corrected chi connectivity index (χ0v) is 9.89. The molecule has 16 heavy (non-hydrogen) atoms. The Balaban J connectivity index is 2.10. The molecule has 1 aliphatic rings. The second kappa shape index (κ2) is 5.30. The van der Waals surface area contributed by atoms with Crippen molar-refractivity contribution < 1.29 is 5.11 Å². The Hall–Kier alpha value is -1.09. The van der Waals surface area contributed by atoms with Crippen LogP contribution in [0.4, 0.5) is 5.82 Å². The van der Waals surface area contributed by atoms with Gasteiger partial charge in [-0.1, -0.05) is 13.0 Å². The molecule has 2 rings (SSSR count). The van der Waals surface area contributed by atoms with Crippen molar-refractivity contribution in [2.75, 3.05) is 18.0 Å². The molecule has 1 saturated heterocycles. The Kier molecular flexibility index (Phi) is 3.78. The third-order valence-electron chi connectivity index (χ3n) is 3.29. The van der Waals surface area contributed by atoms with Gasteiger partial charge in [-0.25, -0.2) is 4.98 Å². The maximum Gasteiger partial charge on any atom is 0.128 e. The van der Waals surface area contributed by atoms with Gasteiger partial charge in [0.1, 0.15) is 5.82 Å². The topological polar surface area (TPSA) is 36.4 Å². The zero-order chi connectivity index (χ0) is 11.4. The van der Waals surface area contributed by atoms with Crippen LogP contribution >= 0.6 is 0 Å². The number of nitrogens with zero attached hydrogens (tertiary/aromatic N) is 2. The summed E-state index contributed by atoms with van der Waals surface area (Å²) in [4.78, 5) is 6.79. The Morgan fingerprint density at radius 3 is 3.06 bits per heavy atom. The van der Waals surface area contributed by atoms with Gasteiger partial charge in [0.15, 0.2) is 0 Å². The summed E-state index contributed by atoms with van der Waals surface area (Å²) in [7, 11) is 0. The molecule has 0 bridgehead atoms. The fourth-order valence-corrected chi connectivity index (χ4v) is 2.22. The van der Waals surface area contributed by atoms with Gasteiger partial charge in [0, 0.05) is 13.1 Å². The van der Waals surface area contributed by atoms with E-state index in [9.17, 15) is 0 Å². The number of hydrogen-bond acceptors (Lipinski definition) is 3. The van der Waals surface area contributed by atoms with Gasteiger partial charge >= 0.3 is 0 Å². The van der Waals surface area contributed by atoms with E-state index >= 15 is 0 Å². The Morgan fingerprint density at radius 1 is 1.38 bits per heavy atom. The number of anilines is 1. The van der Waals surface area contributed by atoms with E-state index in [0.29, 0.717) is 0 Å². The Bertz CT molecular complexity index is 340. The standard InChI is InChI=1S/C13H20N2O/c1-11-4-3-8-15(9-7-11)13-6-2-5-12(10-16)14-13/h2,5-6,11,16H,3-4,7-10H2,1H3. The number of aliphatic hydroxyl groups excluding tert-OH is 1. The highest BCUT2D eigenvalue weighted by molar-refractivity contribution is 5.39. The molecule has 0 radical (unpaired) electrons. The van der Waals surface area contributed by atoms with Gasteiger partial charge in [-0.3, -0.25) is 0 Å². The number of aliphatic hydroxyl groups is 1. The number of rotatable bonds is 2. The van der Waals surface area contributed by atoms with Gasteiger partial charge in [-0.05, 0) is 37.3 Å². The van der Waals surface area contributed by atoms with Crippen molar-refractivity contribution in [2.45, 2.75) is 32.8 Å². The molecule has 1 atom stereocenters. The lowest BCUT2D eigenvalue weighted by Crippen LogP contribution is -2.25. The smallest absolute Gasteiger partial charge is 0.128 e. The molecule has 0 aliphatic carbocycles. The van der Waals surface area contributed by atoms with Crippen LogP contribution in [0.3, 0.4) is 0 Å². The minimum Gasteiger partial charge on any atom is -0.390 e. The molecule has 1 fully saturated rings. The monoisotopic (exact) mass is 220 g/mol. The van der Waals surface area contributed by atoms with Crippen LogP contribution in [-0.2, 0) is 6.61 Å². The van der Waals surface area contributed by atoms with Crippen molar-refractivity contribution in [2.24, 2.45) is 5.92 Å². The third kappa shape index (κ3) is 2.73. The molecule has 1 aliphatic heterocycles. The minimum absolute atomic E-state index is 0.0259. The molecule has 2 heterocycles. The van der Waals surface area contributed by atoms with Gasteiger partial charge in [0.05, 0.1) is 12.3 Å².